The fourth-order valence-electron chi connectivity index (χ4n) is 7.44. The monoisotopic (exact) mass is 881 g/mol. The lowest BCUT2D eigenvalue weighted by Crippen LogP contribution is -2.45. The van der Waals surface area contributed by atoms with Crippen molar-refractivity contribution in [3.05, 3.63) is 36.5 Å². The molecule has 0 heterocycles. The van der Waals surface area contributed by atoms with E-state index in [0.29, 0.717) is 17.4 Å². The van der Waals surface area contributed by atoms with Crippen molar-refractivity contribution in [2.24, 2.45) is 0 Å². The molecule has 61 heavy (non-hydrogen) atoms. The number of likely N-dealkylation sites (N-methyl/N-ethyl adjacent to an activating group) is 1. The Morgan fingerprint density at radius 3 is 1.38 bits per heavy atom. The second-order valence-corrected chi connectivity index (χ2v) is 20.3. The zero-order chi connectivity index (χ0) is 45.0. The fourth-order valence-corrected chi connectivity index (χ4v) is 8.17. The Hall–Kier alpha value is -1.28. The van der Waals surface area contributed by atoms with E-state index in [1.54, 1.807) is 6.08 Å². The van der Waals surface area contributed by atoms with E-state index in [9.17, 15) is 19.4 Å². The van der Waals surface area contributed by atoms with Crippen molar-refractivity contribution in [2.75, 3.05) is 40.9 Å². The number of nitrogens with zero attached hydrogens (tertiary/aromatic N) is 1. The molecule has 0 bridgehead atoms. The topological polar surface area (TPSA) is 108 Å². The predicted molar refractivity (Wildman–Crippen MR) is 261 cm³/mol. The molecular weight excluding hydrogens is 780 g/mol. The van der Waals surface area contributed by atoms with E-state index in [-0.39, 0.29) is 12.5 Å². The van der Waals surface area contributed by atoms with Crippen molar-refractivity contribution in [3.8, 4) is 0 Å². The summed E-state index contributed by atoms with van der Waals surface area (Å²) in [4.78, 5) is 25.2. The Kier molecular flexibility index (Phi) is 43.0. The molecule has 0 aliphatic carbocycles. The van der Waals surface area contributed by atoms with Crippen LogP contribution in [-0.2, 0) is 18.4 Å². The summed E-state index contributed by atoms with van der Waals surface area (Å²) in [5.74, 6) is -0.208. The number of aliphatic hydroxyl groups is 1. The molecule has 360 valence electrons. The van der Waals surface area contributed by atoms with E-state index in [1.807, 2.05) is 27.2 Å². The molecule has 0 saturated heterocycles. The number of hydrogen-bond acceptors (Lipinski definition) is 6. The summed E-state index contributed by atoms with van der Waals surface area (Å²) < 4.78 is 23.1. The van der Waals surface area contributed by atoms with Crippen molar-refractivity contribution >= 4 is 13.7 Å². The summed E-state index contributed by atoms with van der Waals surface area (Å²) in [6.45, 7) is 4.56. The maximum Gasteiger partial charge on any atom is 0.268 e. The average molecular weight is 881 g/mol. The minimum absolute atomic E-state index is 0.00580. The first kappa shape index (κ1) is 59.7. The van der Waals surface area contributed by atoms with Gasteiger partial charge in [-0.2, -0.15) is 0 Å². The summed E-state index contributed by atoms with van der Waals surface area (Å²) in [5, 5.41) is 13.7. The second-order valence-electron chi connectivity index (χ2n) is 18.9. The normalized spacial score (nSPS) is 14.4. The number of carbonyl (C=O) groups excluding carboxylic acids is 1. The number of allylic oxidation sites excluding steroid dienone is 5. The van der Waals surface area contributed by atoms with Gasteiger partial charge < -0.3 is 28.8 Å². The number of rotatable bonds is 47. The van der Waals surface area contributed by atoms with Crippen LogP contribution in [0.25, 0.3) is 0 Å². The summed E-state index contributed by atoms with van der Waals surface area (Å²) in [5.41, 5.74) is 0. The number of phosphoric ester groups is 1. The largest absolute Gasteiger partial charge is 0.756 e. The molecule has 0 radical (unpaired) electrons. The van der Waals surface area contributed by atoms with Gasteiger partial charge in [0.15, 0.2) is 0 Å². The zero-order valence-electron chi connectivity index (χ0n) is 40.9. The minimum atomic E-state index is -4.59. The Bertz CT molecular complexity index is 1090. The van der Waals surface area contributed by atoms with Gasteiger partial charge in [0, 0.05) is 6.42 Å². The molecule has 0 aliphatic rings. The van der Waals surface area contributed by atoms with Crippen LogP contribution >= 0.6 is 7.82 Å². The highest BCUT2D eigenvalue weighted by Crippen LogP contribution is 2.38. The molecule has 3 unspecified atom stereocenters. The van der Waals surface area contributed by atoms with Gasteiger partial charge in [-0.15, -0.1) is 0 Å². The molecule has 3 atom stereocenters. The number of amides is 1. The molecule has 1 amide bonds. The van der Waals surface area contributed by atoms with Gasteiger partial charge in [-0.25, -0.2) is 0 Å². The number of hydrogen-bond donors (Lipinski definition) is 2. The number of phosphoric acid groups is 1. The lowest BCUT2D eigenvalue weighted by Gasteiger charge is -2.29. The average Bonchev–Trinajstić information content (AvgIpc) is 3.21. The number of carbonyl (C=O) groups is 1. The summed E-state index contributed by atoms with van der Waals surface area (Å²) >= 11 is 0. The van der Waals surface area contributed by atoms with Crippen LogP contribution in [0.3, 0.4) is 0 Å². The standard InChI is InChI=1S/C52H101N2O6P/c1-6-8-10-12-14-16-17-18-19-20-21-22-23-24-25-26-27-28-29-30-31-32-33-34-35-36-37-38-40-42-44-46-52(56)53-50(49-60-61(57,58)59-48-47-54(3,4)5)51(55)45-43-41-39-15-13-11-9-7-2/h13,15,20-21,43,45,50-51,55H,6-12,14,16-19,22-42,44,46-49H2,1-5H3,(H-,53,56,57,58)/b15-13+,21-20-,45-43+. The van der Waals surface area contributed by atoms with E-state index in [4.69, 9.17) is 9.05 Å². The van der Waals surface area contributed by atoms with Gasteiger partial charge in [-0.3, -0.25) is 9.36 Å². The van der Waals surface area contributed by atoms with E-state index in [0.717, 1.165) is 38.5 Å². The van der Waals surface area contributed by atoms with Crippen LogP contribution < -0.4 is 10.2 Å². The van der Waals surface area contributed by atoms with Crippen molar-refractivity contribution in [3.63, 3.8) is 0 Å². The van der Waals surface area contributed by atoms with Crippen molar-refractivity contribution in [1.29, 1.82) is 0 Å². The first-order chi connectivity index (χ1) is 29.5. The van der Waals surface area contributed by atoms with E-state index in [2.05, 4.69) is 43.5 Å². The SMILES string of the molecule is CCCC/C=C/CC/C=C/C(O)C(COP(=O)([O-])OCC[N+](C)(C)C)NC(=O)CCCCCCCCCCCCCCCCCCCCC/C=C\CCCCCCCCCC. The molecule has 8 nitrogen and oxygen atoms in total. The lowest BCUT2D eigenvalue weighted by molar-refractivity contribution is -0.870. The molecular formula is C52H101N2O6P. The molecule has 2 N–H and O–H groups in total. The predicted octanol–water partition coefficient (Wildman–Crippen LogP) is 14.4. The fraction of sp³-hybridized carbons (Fsp3) is 0.865. The van der Waals surface area contributed by atoms with Crippen LogP contribution in [0.5, 0.6) is 0 Å². The third kappa shape index (κ3) is 46.5. The Balaban J connectivity index is 3.93. The van der Waals surface area contributed by atoms with Crippen LogP contribution in [0, 0.1) is 0 Å². The highest BCUT2D eigenvalue weighted by molar-refractivity contribution is 7.45. The summed E-state index contributed by atoms with van der Waals surface area (Å²) in [7, 11) is 1.25. The van der Waals surface area contributed by atoms with Crippen molar-refractivity contribution < 1.29 is 32.9 Å². The van der Waals surface area contributed by atoms with Gasteiger partial charge >= 0.3 is 0 Å². The molecule has 0 fully saturated rings. The molecule has 0 aromatic carbocycles. The van der Waals surface area contributed by atoms with Gasteiger partial charge in [-0.1, -0.05) is 217 Å². The zero-order valence-corrected chi connectivity index (χ0v) is 41.8. The van der Waals surface area contributed by atoms with Gasteiger partial charge in [-0.05, 0) is 51.4 Å². The first-order valence-corrected chi connectivity index (χ1v) is 27.3. The van der Waals surface area contributed by atoms with Crippen LogP contribution in [0.15, 0.2) is 36.5 Å². The maximum atomic E-state index is 12.8. The molecule has 0 rings (SSSR count). The third-order valence-corrected chi connectivity index (χ3v) is 12.5. The molecule has 0 aromatic heterocycles. The Morgan fingerprint density at radius 1 is 0.557 bits per heavy atom. The van der Waals surface area contributed by atoms with Crippen molar-refractivity contribution in [2.45, 2.75) is 251 Å². The maximum absolute atomic E-state index is 12.8. The van der Waals surface area contributed by atoms with Crippen LogP contribution in [-0.4, -0.2) is 68.5 Å². The van der Waals surface area contributed by atoms with Gasteiger partial charge in [0.25, 0.3) is 7.82 Å². The van der Waals surface area contributed by atoms with Crippen molar-refractivity contribution in [1.82, 2.24) is 5.32 Å². The highest BCUT2D eigenvalue weighted by atomic mass is 31.2. The minimum Gasteiger partial charge on any atom is -0.756 e. The summed E-state index contributed by atoms with van der Waals surface area (Å²) in [6, 6.07) is -0.898. The lowest BCUT2D eigenvalue weighted by atomic mass is 10.0. The number of aliphatic hydroxyl groups excluding tert-OH is 1. The van der Waals surface area contributed by atoms with Gasteiger partial charge in [0.1, 0.15) is 13.2 Å². The van der Waals surface area contributed by atoms with Crippen LogP contribution in [0.4, 0.5) is 0 Å². The molecule has 9 heteroatoms. The number of nitrogens with one attached hydrogen (secondary N) is 1. The van der Waals surface area contributed by atoms with E-state index >= 15 is 0 Å². The number of unbranched alkanes of at least 4 members (excludes halogenated alkanes) is 30. The Morgan fingerprint density at radius 2 is 0.934 bits per heavy atom. The van der Waals surface area contributed by atoms with E-state index < -0.39 is 26.6 Å². The van der Waals surface area contributed by atoms with E-state index in [1.165, 1.54) is 180 Å². The smallest absolute Gasteiger partial charge is 0.268 e. The molecule has 0 aliphatic heterocycles. The Labute approximate surface area is 378 Å². The highest BCUT2D eigenvalue weighted by Gasteiger charge is 2.23. The third-order valence-electron chi connectivity index (χ3n) is 11.6. The molecule has 0 saturated carbocycles. The second kappa shape index (κ2) is 43.9. The van der Waals surface area contributed by atoms with Crippen LogP contribution in [0.2, 0.25) is 0 Å². The quantitative estimate of drug-likeness (QED) is 0.0273. The first-order valence-electron chi connectivity index (χ1n) is 25.9. The van der Waals surface area contributed by atoms with Gasteiger partial charge in [0.05, 0.1) is 39.9 Å². The number of quaternary nitrogens is 1. The van der Waals surface area contributed by atoms with Gasteiger partial charge in [0.2, 0.25) is 5.91 Å². The molecule has 0 spiro atoms. The van der Waals surface area contributed by atoms with Crippen LogP contribution in [0.1, 0.15) is 239 Å². The summed E-state index contributed by atoms with van der Waals surface area (Å²) in [6.07, 6.45) is 55.4. The molecule has 0 aromatic rings.